The summed E-state index contributed by atoms with van der Waals surface area (Å²) in [5, 5.41) is 13.1. The Balaban J connectivity index is 2.17. The molecule has 2 amide bonds. The van der Waals surface area contributed by atoms with E-state index in [1.807, 2.05) is 52.9 Å². The van der Waals surface area contributed by atoms with Gasteiger partial charge in [-0.15, -0.1) is 0 Å². The van der Waals surface area contributed by atoms with E-state index >= 15 is 0 Å². The van der Waals surface area contributed by atoms with E-state index in [2.05, 4.69) is 36.7 Å². The summed E-state index contributed by atoms with van der Waals surface area (Å²) in [6, 6.07) is 8.16. The highest BCUT2D eigenvalue weighted by molar-refractivity contribution is 5.98. The maximum Gasteiger partial charge on any atom is 0.254 e. The summed E-state index contributed by atoms with van der Waals surface area (Å²) in [5.74, 6) is 0.365. The van der Waals surface area contributed by atoms with Crippen molar-refractivity contribution in [2.75, 3.05) is 13.6 Å². The second kappa shape index (κ2) is 11.5. The Hall–Kier alpha value is -2.60. The molecule has 1 heterocycles. The van der Waals surface area contributed by atoms with Crippen LogP contribution in [0.3, 0.4) is 0 Å². The first-order valence-electron chi connectivity index (χ1n) is 14.5. The molecule has 0 spiro atoms. The minimum Gasteiger partial charge on any atom is -0.389 e. The number of hydrogen-bond donors (Lipinski definition) is 2. The lowest BCUT2D eigenvalue weighted by Gasteiger charge is -2.32. The molecule has 6 heteroatoms. The number of carbonyl (C=O) groups excluding carboxylic acids is 2. The highest BCUT2D eigenvalue weighted by Crippen LogP contribution is 2.35. The van der Waals surface area contributed by atoms with Gasteiger partial charge in [-0.3, -0.25) is 9.59 Å². The molecule has 1 aromatic heterocycles. The fraction of sp³-hybridized carbons (Fsp3) is 0.636. The maximum atomic E-state index is 13.6. The predicted octanol–water partition coefficient (Wildman–Crippen LogP) is 6.71. The molecule has 0 unspecified atom stereocenters. The van der Waals surface area contributed by atoms with Gasteiger partial charge in [0.25, 0.3) is 11.8 Å². The lowest BCUT2D eigenvalue weighted by Crippen LogP contribution is -2.42. The molecule has 0 atom stereocenters. The summed E-state index contributed by atoms with van der Waals surface area (Å²) >= 11 is 0. The molecule has 0 saturated heterocycles. The molecular weight excluding hydrogens is 486 g/mol. The SMILES string of the molecule is Cc1c(C(=O)NCC(C)(C)O)cc(-c2cc(C(=O)N(C)C(C)(C)C)cc(C(C)(C)C)c2)n1CC1CCCCC1. The molecule has 2 aromatic rings. The van der Waals surface area contributed by atoms with Gasteiger partial charge in [0.2, 0.25) is 0 Å². The Morgan fingerprint density at radius 2 is 1.59 bits per heavy atom. The third-order valence-corrected chi connectivity index (χ3v) is 8.11. The average molecular weight is 538 g/mol. The van der Waals surface area contributed by atoms with Gasteiger partial charge in [0.15, 0.2) is 0 Å². The standard InChI is InChI=1S/C33H51N3O3/c1-22-27(29(37)34-21-33(8,9)39)19-28(36(22)20-23-14-12-11-13-15-23)24-16-25(18-26(17-24)31(2,3)4)30(38)35(10)32(5,6)7/h16-19,23,39H,11-15,20-21H2,1-10H3,(H,34,37). The van der Waals surface area contributed by atoms with Gasteiger partial charge < -0.3 is 19.9 Å². The monoisotopic (exact) mass is 537 g/mol. The van der Waals surface area contributed by atoms with Gasteiger partial charge in [0, 0.05) is 42.6 Å². The highest BCUT2D eigenvalue weighted by Gasteiger charge is 2.28. The lowest BCUT2D eigenvalue weighted by atomic mass is 9.84. The lowest BCUT2D eigenvalue weighted by molar-refractivity contribution is 0.0655. The zero-order valence-electron chi connectivity index (χ0n) is 26.0. The summed E-state index contributed by atoms with van der Waals surface area (Å²) in [6.07, 6.45) is 6.17. The molecule has 216 valence electrons. The number of carbonyl (C=O) groups is 2. The van der Waals surface area contributed by atoms with Crippen molar-refractivity contribution in [1.82, 2.24) is 14.8 Å². The average Bonchev–Trinajstić information content (AvgIpc) is 3.16. The zero-order chi connectivity index (χ0) is 29.3. The number of amides is 2. The van der Waals surface area contributed by atoms with Crippen LogP contribution in [0.1, 0.15) is 119 Å². The van der Waals surface area contributed by atoms with E-state index in [1.54, 1.807) is 18.7 Å². The Labute approximate surface area is 236 Å². The minimum absolute atomic E-state index is 0.0138. The van der Waals surface area contributed by atoms with Crippen LogP contribution in [0, 0.1) is 12.8 Å². The number of aliphatic hydroxyl groups is 1. The molecule has 6 nitrogen and oxygen atoms in total. The van der Waals surface area contributed by atoms with E-state index in [1.165, 1.54) is 32.1 Å². The number of aromatic nitrogens is 1. The van der Waals surface area contributed by atoms with E-state index in [0.717, 1.165) is 29.1 Å². The molecule has 1 fully saturated rings. The van der Waals surface area contributed by atoms with Gasteiger partial charge in [0.1, 0.15) is 0 Å². The van der Waals surface area contributed by atoms with E-state index in [4.69, 9.17) is 0 Å². The van der Waals surface area contributed by atoms with Crippen LogP contribution in [-0.2, 0) is 12.0 Å². The second-order valence-electron chi connectivity index (χ2n) is 14.2. The summed E-state index contributed by atoms with van der Waals surface area (Å²) < 4.78 is 2.29. The zero-order valence-corrected chi connectivity index (χ0v) is 26.0. The van der Waals surface area contributed by atoms with Crippen molar-refractivity contribution in [3.63, 3.8) is 0 Å². The van der Waals surface area contributed by atoms with E-state index < -0.39 is 5.60 Å². The molecule has 1 aromatic carbocycles. The molecule has 0 bridgehead atoms. The third kappa shape index (κ3) is 7.75. The van der Waals surface area contributed by atoms with Gasteiger partial charge in [-0.25, -0.2) is 0 Å². The Bertz CT molecular complexity index is 1180. The fourth-order valence-corrected chi connectivity index (χ4v) is 5.20. The summed E-state index contributed by atoms with van der Waals surface area (Å²) in [4.78, 5) is 28.7. The van der Waals surface area contributed by atoms with Gasteiger partial charge >= 0.3 is 0 Å². The van der Waals surface area contributed by atoms with Crippen LogP contribution in [0.25, 0.3) is 11.3 Å². The van der Waals surface area contributed by atoms with Gasteiger partial charge in [-0.2, -0.15) is 0 Å². The molecule has 0 radical (unpaired) electrons. The van der Waals surface area contributed by atoms with Crippen molar-refractivity contribution in [2.45, 2.75) is 118 Å². The third-order valence-electron chi connectivity index (χ3n) is 8.11. The first-order chi connectivity index (χ1) is 17.9. The van der Waals surface area contributed by atoms with E-state index in [0.29, 0.717) is 17.0 Å². The summed E-state index contributed by atoms with van der Waals surface area (Å²) in [7, 11) is 1.85. The van der Waals surface area contributed by atoms with Crippen molar-refractivity contribution in [1.29, 1.82) is 0 Å². The largest absolute Gasteiger partial charge is 0.389 e. The highest BCUT2D eigenvalue weighted by atomic mass is 16.3. The van der Waals surface area contributed by atoms with Crippen LogP contribution in [0.4, 0.5) is 0 Å². The number of nitrogens with zero attached hydrogens (tertiary/aromatic N) is 2. The predicted molar refractivity (Wildman–Crippen MR) is 160 cm³/mol. The molecule has 1 saturated carbocycles. The normalized spacial score (nSPS) is 15.4. The Morgan fingerprint density at radius 1 is 0.974 bits per heavy atom. The van der Waals surface area contributed by atoms with E-state index in [-0.39, 0.29) is 29.3 Å². The minimum atomic E-state index is -0.994. The van der Waals surface area contributed by atoms with Crippen LogP contribution in [-0.4, -0.2) is 51.1 Å². The first-order valence-corrected chi connectivity index (χ1v) is 14.5. The first kappa shape index (κ1) is 30.9. The molecule has 3 rings (SSSR count). The van der Waals surface area contributed by atoms with Gasteiger partial charge in [-0.1, -0.05) is 40.0 Å². The van der Waals surface area contributed by atoms with Gasteiger partial charge in [0.05, 0.1) is 11.2 Å². The topological polar surface area (TPSA) is 74.6 Å². The smallest absolute Gasteiger partial charge is 0.254 e. The second-order valence-corrected chi connectivity index (χ2v) is 14.2. The number of benzene rings is 1. The van der Waals surface area contributed by atoms with Crippen molar-refractivity contribution >= 4 is 11.8 Å². The molecule has 2 N–H and O–H groups in total. The molecule has 1 aliphatic rings. The van der Waals surface area contributed by atoms with Crippen LogP contribution >= 0.6 is 0 Å². The van der Waals surface area contributed by atoms with Crippen molar-refractivity contribution in [3.05, 3.63) is 46.6 Å². The van der Waals surface area contributed by atoms with Crippen molar-refractivity contribution < 1.29 is 14.7 Å². The Morgan fingerprint density at radius 3 is 2.13 bits per heavy atom. The summed E-state index contributed by atoms with van der Waals surface area (Å²) in [5.41, 5.74) is 3.74. The summed E-state index contributed by atoms with van der Waals surface area (Å²) in [6.45, 7) is 19.0. The van der Waals surface area contributed by atoms with Gasteiger partial charge in [-0.05, 0) is 101 Å². The molecular formula is C33H51N3O3. The molecule has 1 aliphatic carbocycles. The maximum absolute atomic E-state index is 13.6. The molecule has 0 aliphatic heterocycles. The number of nitrogens with one attached hydrogen (secondary N) is 1. The fourth-order valence-electron chi connectivity index (χ4n) is 5.20. The molecule has 39 heavy (non-hydrogen) atoms. The van der Waals surface area contributed by atoms with Crippen LogP contribution < -0.4 is 5.32 Å². The quantitative estimate of drug-likeness (QED) is 0.412. The Kier molecular flexibility index (Phi) is 9.11. The van der Waals surface area contributed by atoms with Crippen molar-refractivity contribution in [3.8, 4) is 11.3 Å². The van der Waals surface area contributed by atoms with Crippen LogP contribution in [0.2, 0.25) is 0 Å². The van der Waals surface area contributed by atoms with Crippen LogP contribution in [0.15, 0.2) is 24.3 Å². The van der Waals surface area contributed by atoms with Crippen molar-refractivity contribution in [2.24, 2.45) is 5.92 Å². The number of hydrogen-bond acceptors (Lipinski definition) is 3. The number of rotatable bonds is 7. The van der Waals surface area contributed by atoms with E-state index in [9.17, 15) is 14.7 Å². The van der Waals surface area contributed by atoms with Crippen LogP contribution in [0.5, 0.6) is 0 Å².